The summed E-state index contributed by atoms with van der Waals surface area (Å²) in [5, 5.41) is 4.23. The summed E-state index contributed by atoms with van der Waals surface area (Å²) in [6.45, 7) is 0.914. The van der Waals surface area contributed by atoms with Gasteiger partial charge in [-0.05, 0) is 44.2 Å². The van der Waals surface area contributed by atoms with E-state index in [0.29, 0.717) is 5.76 Å². The van der Waals surface area contributed by atoms with Crippen LogP contribution in [0.4, 0.5) is 0 Å². The molecular formula is C23H24N4O2. The number of carbonyl (C=O) groups excluding carboxylic acids is 1. The number of furan rings is 1. The van der Waals surface area contributed by atoms with E-state index in [1.54, 1.807) is 0 Å². The van der Waals surface area contributed by atoms with Crippen molar-refractivity contribution in [1.29, 1.82) is 0 Å². The highest BCUT2D eigenvalue weighted by molar-refractivity contribution is 5.82. The fourth-order valence-electron chi connectivity index (χ4n) is 4.23. The van der Waals surface area contributed by atoms with E-state index < -0.39 is 0 Å². The zero-order valence-corrected chi connectivity index (χ0v) is 16.4. The van der Waals surface area contributed by atoms with E-state index in [0.717, 1.165) is 47.2 Å². The van der Waals surface area contributed by atoms with Crippen LogP contribution in [0.15, 0.2) is 59.0 Å². The number of aromatic nitrogens is 2. The van der Waals surface area contributed by atoms with Gasteiger partial charge in [0.25, 0.3) is 0 Å². The quantitative estimate of drug-likeness (QED) is 0.558. The number of nitrogens with zero attached hydrogens (tertiary/aromatic N) is 2. The molecule has 0 unspecified atom stereocenters. The van der Waals surface area contributed by atoms with Crippen LogP contribution in [0.3, 0.4) is 0 Å². The van der Waals surface area contributed by atoms with E-state index in [4.69, 9.17) is 9.40 Å². The lowest BCUT2D eigenvalue weighted by molar-refractivity contribution is -0.121. The molecule has 4 aromatic rings. The van der Waals surface area contributed by atoms with Gasteiger partial charge >= 0.3 is 0 Å². The van der Waals surface area contributed by atoms with Crippen molar-refractivity contribution in [3.8, 4) is 0 Å². The molecule has 2 atom stereocenters. The SMILES string of the molecule is CN1CC[C@@H](NC(=O)Cc2cc3ccccc3o2)C[C@@H]1c1nc2ccccc2[nH]1. The molecule has 1 aliphatic heterocycles. The third-order valence-electron chi connectivity index (χ3n) is 5.77. The molecule has 1 saturated heterocycles. The number of para-hydroxylation sites is 3. The summed E-state index contributed by atoms with van der Waals surface area (Å²) in [6, 6.07) is 18.1. The van der Waals surface area contributed by atoms with Gasteiger partial charge in [-0.2, -0.15) is 0 Å². The fraction of sp³-hybridized carbons (Fsp3) is 0.304. The standard InChI is InChI=1S/C23H24N4O2/c1-27-11-10-16(13-20(27)23-25-18-7-3-4-8-19(18)26-23)24-22(28)14-17-12-15-6-2-5-9-21(15)29-17/h2-9,12,16,20H,10-11,13-14H2,1H3,(H,24,28)(H,25,26)/t16-,20-/m1/s1. The molecule has 0 radical (unpaired) electrons. The zero-order valence-electron chi connectivity index (χ0n) is 16.4. The minimum atomic E-state index is 0.00182. The highest BCUT2D eigenvalue weighted by Crippen LogP contribution is 2.29. The molecule has 29 heavy (non-hydrogen) atoms. The molecule has 6 heteroatoms. The van der Waals surface area contributed by atoms with Crippen LogP contribution in [0.5, 0.6) is 0 Å². The van der Waals surface area contributed by atoms with Gasteiger partial charge < -0.3 is 14.7 Å². The second kappa shape index (κ2) is 7.37. The molecule has 1 aliphatic rings. The largest absolute Gasteiger partial charge is 0.461 e. The second-order valence-electron chi connectivity index (χ2n) is 7.85. The maximum Gasteiger partial charge on any atom is 0.227 e. The molecule has 1 amide bonds. The number of aromatic amines is 1. The van der Waals surface area contributed by atoms with E-state index >= 15 is 0 Å². The maximum absolute atomic E-state index is 12.6. The lowest BCUT2D eigenvalue weighted by Crippen LogP contribution is -2.45. The Hall–Kier alpha value is -3.12. The van der Waals surface area contributed by atoms with Crippen LogP contribution in [0.25, 0.3) is 22.0 Å². The Kier molecular flexibility index (Phi) is 4.56. The lowest BCUT2D eigenvalue weighted by Gasteiger charge is -2.36. The van der Waals surface area contributed by atoms with Gasteiger partial charge in [0.1, 0.15) is 17.2 Å². The van der Waals surface area contributed by atoms with Gasteiger partial charge in [-0.1, -0.05) is 30.3 Å². The van der Waals surface area contributed by atoms with E-state index in [-0.39, 0.29) is 24.4 Å². The summed E-state index contributed by atoms with van der Waals surface area (Å²) in [6.07, 6.45) is 2.03. The van der Waals surface area contributed by atoms with E-state index in [1.807, 2.05) is 54.6 Å². The van der Waals surface area contributed by atoms with E-state index in [1.165, 1.54) is 0 Å². The van der Waals surface area contributed by atoms with Crippen molar-refractivity contribution >= 4 is 27.9 Å². The third-order valence-corrected chi connectivity index (χ3v) is 5.77. The van der Waals surface area contributed by atoms with Crippen LogP contribution in [0.2, 0.25) is 0 Å². The summed E-state index contributed by atoms with van der Waals surface area (Å²) in [4.78, 5) is 23.1. The number of imidazole rings is 1. The molecule has 0 spiro atoms. The van der Waals surface area contributed by atoms with E-state index in [9.17, 15) is 4.79 Å². The molecule has 0 aliphatic carbocycles. The first kappa shape index (κ1) is 17.9. The number of carbonyl (C=O) groups is 1. The van der Waals surface area contributed by atoms with Crippen molar-refractivity contribution in [2.75, 3.05) is 13.6 Å². The Morgan fingerprint density at radius 2 is 2.07 bits per heavy atom. The topological polar surface area (TPSA) is 74.2 Å². The number of rotatable bonds is 4. The highest BCUT2D eigenvalue weighted by atomic mass is 16.3. The molecular weight excluding hydrogens is 364 g/mol. The normalized spacial score (nSPS) is 20.3. The smallest absolute Gasteiger partial charge is 0.227 e. The number of hydrogen-bond acceptors (Lipinski definition) is 4. The van der Waals surface area contributed by atoms with Crippen molar-refractivity contribution in [2.24, 2.45) is 0 Å². The number of fused-ring (bicyclic) bond motifs is 2. The molecule has 1 fully saturated rings. The summed E-state index contributed by atoms with van der Waals surface area (Å²) in [7, 11) is 2.12. The molecule has 2 aromatic carbocycles. The minimum Gasteiger partial charge on any atom is -0.461 e. The van der Waals surface area contributed by atoms with E-state index in [2.05, 4.69) is 22.2 Å². The van der Waals surface area contributed by atoms with Crippen LogP contribution in [-0.2, 0) is 11.2 Å². The van der Waals surface area contributed by atoms with Crippen molar-refractivity contribution in [1.82, 2.24) is 20.2 Å². The molecule has 0 saturated carbocycles. The molecule has 2 aromatic heterocycles. The van der Waals surface area contributed by atoms with Crippen LogP contribution in [-0.4, -0.2) is 40.4 Å². The molecule has 6 nitrogen and oxygen atoms in total. The molecule has 148 valence electrons. The summed E-state index contributed by atoms with van der Waals surface area (Å²) in [5.41, 5.74) is 2.85. The molecule has 2 N–H and O–H groups in total. The Balaban J connectivity index is 1.26. The van der Waals surface area contributed by atoms with Gasteiger partial charge in [0.05, 0.1) is 23.5 Å². The lowest BCUT2D eigenvalue weighted by atomic mass is 9.97. The number of amides is 1. The van der Waals surface area contributed by atoms with Crippen LogP contribution < -0.4 is 5.32 Å². The number of nitrogens with one attached hydrogen (secondary N) is 2. The Bertz CT molecular complexity index is 1100. The van der Waals surface area contributed by atoms with Crippen molar-refractivity contribution in [3.05, 3.63) is 66.2 Å². The van der Waals surface area contributed by atoms with Crippen molar-refractivity contribution in [3.63, 3.8) is 0 Å². The molecule has 3 heterocycles. The number of piperidine rings is 1. The monoisotopic (exact) mass is 388 g/mol. The number of benzene rings is 2. The Labute approximate surface area is 168 Å². The Morgan fingerprint density at radius 3 is 2.93 bits per heavy atom. The zero-order chi connectivity index (χ0) is 19.8. The first-order valence-corrected chi connectivity index (χ1v) is 10.1. The molecule has 5 rings (SSSR count). The first-order chi connectivity index (χ1) is 14.2. The molecule has 0 bridgehead atoms. The summed E-state index contributed by atoms with van der Waals surface area (Å²) >= 11 is 0. The average Bonchev–Trinajstić information content (AvgIpc) is 3.32. The van der Waals surface area contributed by atoms with Crippen molar-refractivity contribution in [2.45, 2.75) is 31.3 Å². The van der Waals surface area contributed by atoms with Gasteiger partial charge in [0.15, 0.2) is 0 Å². The number of H-pyrrole nitrogens is 1. The van der Waals surface area contributed by atoms with Crippen LogP contribution in [0, 0.1) is 0 Å². The number of hydrogen-bond donors (Lipinski definition) is 2. The first-order valence-electron chi connectivity index (χ1n) is 10.1. The predicted octanol–water partition coefficient (Wildman–Crippen LogP) is 3.80. The van der Waals surface area contributed by atoms with Gasteiger partial charge in [-0.25, -0.2) is 4.98 Å². The van der Waals surface area contributed by atoms with Gasteiger partial charge in [-0.3, -0.25) is 9.69 Å². The van der Waals surface area contributed by atoms with Gasteiger partial charge in [0.2, 0.25) is 5.91 Å². The highest BCUT2D eigenvalue weighted by Gasteiger charge is 2.30. The van der Waals surface area contributed by atoms with Gasteiger partial charge in [0, 0.05) is 18.0 Å². The summed E-state index contributed by atoms with van der Waals surface area (Å²) in [5.74, 6) is 1.66. The maximum atomic E-state index is 12.6. The van der Waals surface area contributed by atoms with Crippen LogP contribution >= 0.6 is 0 Å². The fourth-order valence-corrected chi connectivity index (χ4v) is 4.23. The second-order valence-corrected chi connectivity index (χ2v) is 7.85. The van der Waals surface area contributed by atoms with Crippen LogP contribution in [0.1, 0.15) is 30.5 Å². The minimum absolute atomic E-state index is 0.00182. The Morgan fingerprint density at radius 1 is 1.24 bits per heavy atom. The third kappa shape index (κ3) is 3.63. The predicted molar refractivity (Wildman–Crippen MR) is 113 cm³/mol. The summed E-state index contributed by atoms with van der Waals surface area (Å²) < 4.78 is 5.78. The van der Waals surface area contributed by atoms with Gasteiger partial charge in [-0.15, -0.1) is 0 Å². The number of likely N-dealkylation sites (tertiary alicyclic amines) is 1. The average molecular weight is 388 g/mol. The van der Waals surface area contributed by atoms with Crippen molar-refractivity contribution < 1.29 is 9.21 Å².